The van der Waals surface area contributed by atoms with E-state index in [-0.39, 0.29) is 43.8 Å². The number of fused-ring (bicyclic) bond motifs is 1. The third kappa shape index (κ3) is 9.83. The fourth-order valence-electron chi connectivity index (χ4n) is 4.78. The number of carboxylic acids is 1. The fraction of sp³-hybridized carbons (Fsp3) is 0.387. The molecule has 2 aromatic carbocycles. The van der Waals surface area contributed by atoms with Crippen molar-refractivity contribution in [1.29, 1.82) is 0 Å². The summed E-state index contributed by atoms with van der Waals surface area (Å²) in [6.45, 7) is 3.72. The van der Waals surface area contributed by atoms with E-state index in [4.69, 9.17) is 11.5 Å². The van der Waals surface area contributed by atoms with Gasteiger partial charge in [-0.15, -0.1) is 0 Å². The zero-order chi connectivity index (χ0) is 32.4. The van der Waals surface area contributed by atoms with Gasteiger partial charge < -0.3 is 42.6 Å². The van der Waals surface area contributed by atoms with Crippen molar-refractivity contribution in [2.45, 2.75) is 70.1 Å². The second-order valence-electron chi connectivity index (χ2n) is 11.2. The summed E-state index contributed by atoms with van der Waals surface area (Å²) in [5.41, 5.74) is 13.8. The van der Waals surface area contributed by atoms with Gasteiger partial charge in [0.25, 0.3) is 0 Å². The zero-order valence-corrected chi connectivity index (χ0v) is 24.7. The molecule has 3 aromatic rings. The quantitative estimate of drug-likeness (QED) is 0.116. The summed E-state index contributed by atoms with van der Waals surface area (Å²) in [7, 11) is 0. The minimum atomic E-state index is -1.37. The van der Waals surface area contributed by atoms with Gasteiger partial charge in [-0.3, -0.25) is 19.2 Å². The Hall–Kier alpha value is -4.91. The van der Waals surface area contributed by atoms with Crippen molar-refractivity contribution in [1.82, 2.24) is 20.9 Å². The van der Waals surface area contributed by atoms with Gasteiger partial charge in [0.2, 0.25) is 23.6 Å². The SMILES string of the molecule is CC(C)CC(NC(=O)C(N)Cc1c[nH]c2ccccc12)C(=O)NC(CCC(N)=O)C(=O)NC(Cc1ccc(O)cc1)C(=O)O. The van der Waals surface area contributed by atoms with Crippen LogP contribution in [0.3, 0.4) is 0 Å². The van der Waals surface area contributed by atoms with E-state index in [1.54, 1.807) is 6.20 Å². The molecule has 0 aliphatic heterocycles. The second kappa shape index (κ2) is 15.5. The highest BCUT2D eigenvalue weighted by atomic mass is 16.4. The molecule has 4 atom stereocenters. The Kier molecular flexibility index (Phi) is 11.9. The summed E-state index contributed by atoms with van der Waals surface area (Å²) in [5, 5.41) is 27.8. The van der Waals surface area contributed by atoms with Crippen molar-refractivity contribution in [2.24, 2.45) is 17.4 Å². The first-order valence-corrected chi connectivity index (χ1v) is 14.3. The molecule has 13 heteroatoms. The molecule has 0 aliphatic carbocycles. The van der Waals surface area contributed by atoms with Gasteiger partial charge in [-0.25, -0.2) is 4.79 Å². The lowest BCUT2D eigenvalue weighted by atomic mass is 10.00. The molecule has 4 amide bonds. The molecule has 4 unspecified atom stereocenters. The number of nitrogens with two attached hydrogens (primary N) is 2. The van der Waals surface area contributed by atoms with Crippen LogP contribution in [0.5, 0.6) is 5.75 Å². The van der Waals surface area contributed by atoms with E-state index in [2.05, 4.69) is 20.9 Å². The number of carbonyl (C=O) groups is 5. The lowest BCUT2D eigenvalue weighted by Crippen LogP contribution is -2.57. The third-order valence-corrected chi connectivity index (χ3v) is 7.09. The van der Waals surface area contributed by atoms with Crippen molar-refractivity contribution in [3.05, 3.63) is 65.9 Å². The molecule has 0 spiro atoms. The van der Waals surface area contributed by atoms with Gasteiger partial charge in [0.15, 0.2) is 0 Å². The summed E-state index contributed by atoms with van der Waals surface area (Å²) in [4.78, 5) is 66.3. The number of hydrogen-bond acceptors (Lipinski definition) is 7. The first-order valence-electron chi connectivity index (χ1n) is 14.3. The Labute approximate surface area is 254 Å². The second-order valence-corrected chi connectivity index (χ2v) is 11.2. The number of nitrogens with one attached hydrogen (secondary N) is 4. The molecule has 0 bridgehead atoms. The Bertz CT molecular complexity index is 1470. The maximum absolute atomic E-state index is 13.4. The maximum atomic E-state index is 13.4. The van der Waals surface area contributed by atoms with Gasteiger partial charge in [0.1, 0.15) is 23.9 Å². The number of rotatable bonds is 16. The van der Waals surface area contributed by atoms with Crippen molar-refractivity contribution in [3.63, 3.8) is 0 Å². The lowest BCUT2D eigenvalue weighted by Gasteiger charge is -2.26. The van der Waals surface area contributed by atoms with Crippen molar-refractivity contribution in [3.8, 4) is 5.75 Å². The monoisotopic (exact) mass is 608 g/mol. The predicted molar refractivity (Wildman–Crippen MR) is 163 cm³/mol. The fourth-order valence-corrected chi connectivity index (χ4v) is 4.78. The Morgan fingerprint density at radius 1 is 0.841 bits per heavy atom. The van der Waals surface area contributed by atoms with Gasteiger partial charge in [-0.05, 0) is 54.5 Å². The standard InChI is InChI=1S/C31H40N6O7/c1-17(2)13-25(36-28(40)22(32)15-19-16-34-23-6-4-3-5-21(19)23)30(42)35-24(11-12-27(33)39)29(41)37-26(31(43)44)14-18-7-9-20(38)10-8-18/h3-10,16-17,22,24-26,34,38H,11-15,32H2,1-2H3,(H2,33,39)(H,35,42)(H,36,40)(H,37,41)(H,43,44). The van der Waals surface area contributed by atoms with E-state index in [0.29, 0.717) is 5.56 Å². The number of hydrogen-bond donors (Lipinski definition) is 8. The van der Waals surface area contributed by atoms with Crippen LogP contribution in [0.4, 0.5) is 0 Å². The number of aromatic hydroxyl groups is 1. The van der Waals surface area contributed by atoms with Gasteiger partial charge in [0, 0.05) is 29.9 Å². The summed E-state index contributed by atoms with van der Waals surface area (Å²) in [6, 6.07) is 8.69. The highest BCUT2D eigenvalue weighted by molar-refractivity contribution is 5.94. The summed E-state index contributed by atoms with van der Waals surface area (Å²) in [6.07, 6.45) is 1.67. The zero-order valence-electron chi connectivity index (χ0n) is 24.7. The molecule has 10 N–H and O–H groups in total. The van der Waals surface area contributed by atoms with E-state index >= 15 is 0 Å². The summed E-state index contributed by atoms with van der Waals surface area (Å²) >= 11 is 0. The number of amides is 4. The van der Waals surface area contributed by atoms with Crippen LogP contribution in [-0.2, 0) is 36.8 Å². The number of phenols is 1. The summed E-state index contributed by atoms with van der Waals surface area (Å²) in [5.74, 6) is -4.16. The Balaban J connectivity index is 1.71. The van der Waals surface area contributed by atoms with E-state index in [9.17, 15) is 34.2 Å². The van der Waals surface area contributed by atoms with E-state index in [1.165, 1.54) is 24.3 Å². The largest absolute Gasteiger partial charge is 0.508 e. The average Bonchev–Trinajstić information content (AvgIpc) is 3.37. The van der Waals surface area contributed by atoms with Crippen LogP contribution < -0.4 is 27.4 Å². The highest BCUT2D eigenvalue weighted by Crippen LogP contribution is 2.19. The van der Waals surface area contributed by atoms with Crippen LogP contribution in [0, 0.1) is 5.92 Å². The predicted octanol–water partition coefficient (Wildman–Crippen LogP) is 0.837. The molecule has 44 heavy (non-hydrogen) atoms. The lowest BCUT2D eigenvalue weighted by molar-refractivity contribution is -0.142. The van der Waals surface area contributed by atoms with E-state index in [0.717, 1.165) is 16.5 Å². The molecule has 1 heterocycles. The number of carboxylic acid groups (broad SMARTS) is 1. The number of aromatic amines is 1. The molecule has 0 aliphatic rings. The first kappa shape index (κ1) is 33.6. The van der Waals surface area contributed by atoms with E-state index in [1.807, 2.05) is 38.1 Å². The molecule has 236 valence electrons. The number of aliphatic carboxylic acids is 1. The van der Waals surface area contributed by atoms with Gasteiger partial charge >= 0.3 is 5.97 Å². The minimum absolute atomic E-state index is 0.000789. The Morgan fingerprint density at radius 3 is 2.09 bits per heavy atom. The molecule has 0 saturated heterocycles. The van der Waals surface area contributed by atoms with Crippen LogP contribution in [0.2, 0.25) is 0 Å². The van der Waals surface area contributed by atoms with Crippen LogP contribution in [0.25, 0.3) is 10.9 Å². The molecule has 13 nitrogen and oxygen atoms in total. The number of primary amides is 1. The number of carbonyl (C=O) groups excluding carboxylic acids is 4. The van der Waals surface area contributed by atoms with Gasteiger partial charge in [-0.2, -0.15) is 0 Å². The number of para-hydroxylation sites is 1. The molecular weight excluding hydrogens is 568 g/mol. The molecule has 3 rings (SSSR count). The van der Waals surface area contributed by atoms with Crippen LogP contribution in [0.1, 0.15) is 44.2 Å². The molecule has 0 radical (unpaired) electrons. The van der Waals surface area contributed by atoms with Crippen LogP contribution >= 0.6 is 0 Å². The smallest absolute Gasteiger partial charge is 0.326 e. The molecule has 0 saturated carbocycles. The number of phenolic OH excluding ortho intramolecular Hbond substituents is 1. The number of aromatic nitrogens is 1. The maximum Gasteiger partial charge on any atom is 0.326 e. The van der Waals surface area contributed by atoms with Crippen molar-refractivity contribution in [2.75, 3.05) is 0 Å². The van der Waals surface area contributed by atoms with Crippen LogP contribution in [0.15, 0.2) is 54.7 Å². The molecule has 0 fully saturated rings. The minimum Gasteiger partial charge on any atom is -0.508 e. The van der Waals surface area contributed by atoms with Crippen molar-refractivity contribution >= 4 is 40.5 Å². The highest BCUT2D eigenvalue weighted by Gasteiger charge is 2.31. The number of benzene rings is 2. The van der Waals surface area contributed by atoms with Crippen LogP contribution in [-0.4, -0.2) is 69.0 Å². The topological polar surface area (TPSA) is 230 Å². The first-order chi connectivity index (χ1) is 20.8. The third-order valence-electron chi connectivity index (χ3n) is 7.09. The van der Waals surface area contributed by atoms with Gasteiger partial charge in [0.05, 0.1) is 6.04 Å². The molecule has 1 aromatic heterocycles. The Morgan fingerprint density at radius 2 is 1.45 bits per heavy atom. The van der Waals surface area contributed by atoms with Gasteiger partial charge in [-0.1, -0.05) is 44.2 Å². The molecular formula is C31H40N6O7. The number of H-pyrrole nitrogens is 1. The summed E-state index contributed by atoms with van der Waals surface area (Å²) < 4.78 is 0. The average molecular weight is 609 g/mol. The van der Waals surface area contributed by atoms with E-state index < -0.39 is 53.8 Å². The normalized spacial score (nSPS) is 13.9. The van der Waals surface area contributed by atoms with Crippen molar-refractivity contribution < 1.29 is 34.2 Å².